The molecule has 0 atom stereocenters. The number of hydrogen-bond donors (Lipinski definition) is 0. The minimum atomic E-state index is 0.216. The van der Waals surface area contributed by atoms with Crippen LogP contribution in [0.15, 0.2) is 97.1 Å². The summed E-state index contributed by atoms with van der Waals surface area (Å²) in [5.74, 6) is 0.653. The number of hydrogen-bond acceptors (Lipinski definition) is 0. The highest BCUT2D eigenvalue weighted by atomic mass is 14.2. The molecule has 0 N–H and O–H groups in total. The highest BCUT2D eigenvalue weighted by Crippen LogP contribution is 2.32. The second-order valence-corrected chi connectivity index (χ2v) is 13.5. The van der Waals surface area contributed by atoms with Gasteiger partial charge < -0.3 is 0 Å². The molecule has 0 spiro atoms. The van der Waals surface area contributed by atoms with Gasteiger partial charge in [-0.05, 0) is 86.9 Å². The molecule has 0 aliphatic carbocycles. The molecular weight excluding hydrogens is 480 g/mol. The number of rotatable bonds is 1. The standard InChI is InChI=1S/2C15H18.C10H14/c2*1-11-9-10-14(15(2,3)4)13-8-6-5-7-12(11)13;1-8(2)10-6-4-9(3)5-7-10/h2*5-10H,1-4H3;4-8H,1-3H3. The largest absolute Gasteiger partial charge is 0.0616 e. The van der Waals surface area contributed by atoms with E-state index in [0.29, 0.717) is 5.92 Å². The van der Waals surface area contributed by atoms with E-state index in [0.717, 1.165) is 0 Å². The Kier molecular flexibility index (Phi) is 10.0. The molecule has 40 heavy (non-hydrogen) atoms. The summed E-state index contributed by atoms with van der Waals surface area (Å²) in [5.41, 5.74) is 8.78. The van der Waals surface area contributed by atoms with E-state index in [1.54, 1.807) is 0 Å². The minimum absolute atomic E-state index is 0.216. The quantitative estimate of drug-likeness (QED) is 0.202. The molecule has 0 unspecified atom stereocenters. The van der Waals surface area contributed by atoms with Gasteiger partial charge in [-0.1, -0.05) is 158 Å². The predicted octanol–water partition coefficient (Wildman–Crippen LogP) is 12.0. The topological polar surface area (TPSA) is 0 Å². The van der Waals surface area contributed by atoms with Gasteiger partial charge in [0, 0.05) is 0 Å². The summed E-state index contributed by atoms with van der Waals surface area (Å²) in [4.78, 5) is 0. The molecule has 0 heteroatoms. The van der Waals surface area contributed by atoms with Crippen LogP contribution in [0.4, 0.5) is 0 Å². The lowest BCUT2D eigenvalue weighted by Crippen LogP contribution is -2.11. The van der Waals surface area contributed by atoms with E-state index in [4.69, 9.17) is 0 Å². The van der Waals surface area contributed by atoms with Gasteiger partial charge >= 0.3 is 0 Å². The van der Waals surface area contributed by atoms with Crippen LogP contribution in [0.3, 0.4) is 0 Å². The first-order valence-corrected chi connectivity index (χ1v) is 14.7. The third kappa shape index (κ3) is 7.85. The maximum Gasteiger partial charge on any atom is -0.0126 e. The van der Waals surface area contributed by atoms with E-state index in [9.17, 15) is 0 Å². The first-order chi connectivity index (χ1) is 18.7. The van der Waals surface area contributed by atoms with Crippen LogP contribution in [0, 0.1) is 20.8 Å². The Morgan fingerprint density at radius 2 is 0.775 bits per heavy atom. The van der Waals surface area contributed by atoms with Crippen LogP contribution in [-0.2, 0) is 10.8 Å². The summed E-state index contributed by atoms with van der Waals surface area (Å²) in [6.45, 7) is 24.5. The van der Waals surface area contributed by atoms with Crippen LogP contribution in [0.2, 0.25) is 0 Å². The molecule has 0 heterocycles. The Bertz CT molecular complexity index is 1440. The van der Waals surface area contributed by atoms with E-state index < -0.39 is 0 Å². The predicted molar refractivity (Wildman–Crippen MR) is 180 cm³/mol. The lowest BCUT2D eigenvalue weighted by Gasteiger charge is -2.22. The summed E-state index contributed by atoms with van der Waals surface area (Å²) in [5, 5.41) is 5.55. The van der Waals surface area contributed by atoms with Crippen LogP contribution in [0.25, 0.3) is 21.5 Å². The van der Waals surface area contributed by atoms with Gasteiger partial charge in [-0.2, -0.15) is 0 Å². The molecule has 0 aliphatic heterocycles. The Labute approximate surface area is 244 Å². The molecule has 5 aromatic carbocycles. The molecule has 0 fully saturated rings. The van der Waals surface area contributed by atoms with Crippen molar-refractivity contribution in [2.24, 2.45) is 0 Å². The number of aryl methyl sites for hydroxylation is 3. The van der Waals surface area contributed by atoms with Crippen LogP contribution < -0.4 is 0 Å². The van der Waals surface area contributed by atoms with Gasteiger partial charge in [0.1, 0.15) is 0 Å². The summed E-state index contributed by atoms with van der Waals surface area (Å²) >= 11 is 0. The van der Waals surface area contributed by atoms with Gasteiger partial charge in [-0.15, -0.1) is 0 Å². The summed E-state index contributed by atoms with van der Waals surface area (Å²) < 4.78 is 0. The first kappa shape index (κ1) is 31.2. The molecule has 0 aliphatic rings. The third-order valence-corrected chi connectivity index (χ3v) is 7.64. The van der Waals surface area contributed by atoms with E-state index in [-0.39, 0.29) is 10.8 Å². The van der Waals surface area contributed by atoms with Crippen molar-refractivity contribution in [3.05, 3.63) is 130 Å². The molecule has 0 bridgehead atoms. The highest BCUT2D eigenvalue weighted by molar-refractivity contribution is 5.90. The Morgan fingerprint density at radius 1 is 0.425 bits per heavy atom. The lowest BCUT2D eigenvalue weighted by molar-refractivity contribution is 0.595. The molecule has 5 aromatic rings. The third-order valence-electron chi connectivity index (χ3n) is 7.64. The average molecular weight is 531 g/mol. The van der Waals surface area contributed by atoms with Gasteiger partial charge in [0.05, 0.1) is 0 Å². The molecule has 210 valence electrons. The van der Waals surface area contributed by atoms with Crippen LogP contribution in [0.5, 0.6) is 0 Å². The van der Waals surface area contributed by atoms with Crippen molar-refractivity contribution in [3.63, 3.8) is 0 Å². The zero-order valence-corrected chi connectivity index (χ0v) is 26.8. The van der Waals surface area contributed by atoms with E-state index in [1.165, 1.54) is 54.9 Å². The average Bonchev–Trinajstić information content (AvgIpc) is 2.89. The fraction of sp³-hybridized carbons (Fsp3) is 0.350. The van der Waals surface area contributed by atoms with Crippen LogP contribution in [-0.4, -0.2) is 0 Å². The van der Waals surface area contributed by atoms with Gasteiger partial charge in [0.2, 0.25) is 0 Å². The van der Waals surface area contributed by atoms with Crippen molar-refractivity contribution in [1.29, 1.82) is 0 Å². The molecule has 5 rings (SSSR count). The van der Waals surface area contributed by atoms with Crippen molar-refractivity contribution in [3.8, 4) is 0 Å². The van der Waals surface area contributed by atoms with Gasteiger partial charge in [0.15, 0.2) is 0 Å². The lowest BCUT2D eigenvalue weighted by atomic mass is 9.83. The van der Waals surface area contributed by atoms with Crippen molar-refractivity contribution in [1.82, 2.24) is 0 Å². The Balaban J connectivity index is 0.000000169. The van der Waals surface area contributed by atoms with E-state index >= 15 is 0 Å². The molecular formula is C40H50. The van der Waals surface area contributed by atoms with Crippen LogP contribution in [0.1, 0.15) is 94.7 Å². The fourth-order valence-electron chi connectivity index (χ4n) is 5.16. The smallest absolute Gasteiger partial charge is 0.0126 e. The Hall–Kier alpha value is -3.38. The normalized spacial score (nSPS) is 11.6. The number of fused-ring (bicyclic) bond motifs is 2. The van der Waals surface area contributed by atoms with Gasteiger partial charge in [0.25, 0.3) is 0 Å². The molecule has 0 saturated heterocycles. The summed E-state index contributed by atoms with van der Waals surface area (Å²) in [6.07, 6.45) is 0. The second kappa shape index (κ2) is 12.9. The van der Waals surface area contributed by atoms with Crippen molar-refractivity contribution < 1.29 is 0 Å². The molecule has 0 radical (unpaired) electrons. The van der Waals surface area contributed by atoms with Crippen molar-refractivity contribution >= 4 is 21.5 Å². The monoisotopic (exact) mass is 530 g/mol. The maximum absolute atomic E-state index is 2.27. The van der Waals surface area contributed by atoms with Gasteiger partial charge in [-0.25, -0.2) is 0 Å². The molecule has 0 aromatic heterocycles. The molecule has 0 nitrogen and oxygen atoms in total. The zero-order valence-electron chi connectivity index (χ0n) is 26.8. The second-order valence-electron chi connectivity index (χ2n) is 13.5. The van der Waals surface area contributed by atoms with Gasteiger partial charge in [-0.3, -0.25) is 0 Å². The zero-order chi connectivity index (χ0) is 29.7. The molecule has 0 saturated carbocycles. The first-order valence-electron chi connectivity index (χ1n) is 14.7. The fourth-order valence-corrected chi connectivity index (χ4v) is 5.16. The number of benzene rings is 5. The molecule has 0 amide bonds. The minimum Gasteiger partial charge on any atom is -0.0616 e. The maximum atomic E-state index is 2.27. The van der Waals surface area contributed by atoms with Crippen molar-refractivity contribution in [2.75, 3.05) is 0 Å². The Morgan fingerprint density at radius 3 is 1.10 bits per heavy atom. The highest BCUT2D eigenvalue weighted by Gasteiger charge is 2.17. The van der Waals surface area contributed by atoms with E-state index in [2.05, 4.69) is 173 Å². The van der Waals surface area contributed by atoms with Crippen molar-refractivity contribution in [2.45, 2.75) is 92.9 Å². The van der Waals surface area contributed by atoms with Crippen LogP contribution >= 0.6 is 0 Å². The SMILES string of the molecule is Cc1ccc(C(C)(C)C)c2ccccc12.Cc1ccc(C(C)(C)C)c2ccccc12.Cc1ccc(C(C)C)cc1. The summed E-state index contributed by atoms with van der Waals surface area (Å²) in [6, 6.07) is 35.0. The summed E-state index contributed by atoms with van der Waals surface area (Å²) in [7, 11) is 0. The van der Waals surface area contributed by atoms with E-state index in [1.807, 2.05) is 0 Å².